The van der Waals surface area contributed by atoms with Crippen molar-refractivity contribution < 1.29 is 34.4 Å². The Kier molecular flexibility index (Phi) is 14.1. The molecule has 0 aliphatic carbocycles. The van der Waals surface area contributed by atoms with Crippen LogP contribution in [0.25, 0.3) is 66.0 Å². The molecule has 0 aliphatic heterocycles. The van der Waals surface area contributed by atoms with Gasteiger partial charge >= 0.3 is 0 Å². The van der Waals surface area contributed by atoms with Crippen LogP contribution >= 0.6 is 0 Å². The molecule has 0 saturated heterocycles. The predicted octanol–water partition coefficient (Wildman–Crippen LogP) is 15.3. The monoisotopic (exact) mass is 966 g/mol. The molecule has 1 N–H and O–H groups in total. The van der Waals surface area contributed by atoms with E-state index in [-0.39, 0.29) is 48.4 Å². The number of aliphatic hydroxyl groups excluding tert-OH is 1. The summed E-state index contributed by atoms with van der Waals surface area (Å²) in [7, 11) is 0. The van der Waals surface area contributed by atoms with Gasteiger partial charge in [-0.2, -0.15) is 0 Å². The van der Waals surface area contributed by atoms with E-state index in [2.05, 4.69) is 120 Å². The van der Waals surface area contributed by atoms with Crippen LogP contribution in [0.4, 0.5) is 0 Å². The minimum absolute atomic E-state index is 0. The molecule has 5 nitrogen and oxygen atoms in total. The number of nitrogens with zero attached hydrogens (tertiary/aromatic N) is 2. The van der Waals surface area contributed by atoms with E-state index in [0.717, 1.165) is 75.6 Å². The number of hydrogen-bond donors (Lipinski definition) is 1. The Labute approximate surface area is 365 Å². The van der Waals surface area contributed by atoms with Crippen LogP contribution in [0.5, 0.6) is 0 Å². The van der Waals surface area contributed by atoms with Gasteiger partial charge in [0.2, 0.25) is 0 Å². The normalized spacial score (nSPS) is 12.4. The Morgan fingerprint density at radius 2 is 1.41 bits per heavy atom. The molecule has 0 amide bonds. The van der Waals surface area contributed by atoms with Crippen molar-refractivity contribution in [3.8, 4) is 22.4 Å². The maximum Gasteiger partial charge on any atom is 0.164 e. The van der Waals surface area contributed by atoms with Gasteiger partial charge in [0.1, 0.15) is 17.2 Å². The first-order valence-corrected chi connectivity index (χ1v) is 21.2. The van der Waals surface area contributed by atoms with Gasteiger partial charge in [0.05, 0.1) is 11.1 Å². The maximum atomic E-state index is 12.2. The Morgan fingerprint density at radius 3 is 2.02 bits per heavy atom. The van der Waals surface area contributed by atoms with Crippen molar-refractivity contribution >= 4 is 49.4 Å². The minimum Gasteiger partial charge on any atom is -0.512 e. The van der Waals surface area contributed by atoms with Crippen LogP contribution in [0, 0.1) is 30.7 Å². The zero-order valence-corrected chi connectivity index (χ0v) is 39.5. The van der Waals surface area contributed by atoms with Gasteiger partial charge in [-0.05, 0) is 90.1 Å². The summed E-state index contributed by atoms with van der Waals surface area (Å²) < 4.78 is 6.69. The zero-order valence-electron chi connectivity index (χ0n) is 37.1. The van der Waals surface area contributed by atoms with Crippen LogP contribution in [0.15, 0.2) is 95.1 Å². The molecule has 2 aromatic heterocycles. The number of carbonyl (C=O) groups is 1. The van der Waals surface area contributed by atoms with Crippen molar-refractivity contribution in [3.05, 3.63) is 119 Å². The number of ketones is 1. The fraction of sp³-hybridized carbons (Fsp3) is 0.377. The van der Waals surface area contributed by atoms with E-state index in [1.165, 1.54) is 44.7 Å². The van der Waals surface area contributed by atoms with Crippen LogP contribution in [-0.2, 0) is 24.9 Å². The van der Waals surface area contributed by atoms with E-state index in [9.17, 15) is 9.90 Å². The van der Waals surface area contributed by atoms with Gasteiger partial charge in [0.15, 0.2) is 5.78 Å². The molecule has 0 spiro atoms. The van der Waals surface area contributed by atoms with E-state index >= 15 is 0 Å². The Hall–Kier alpha value is -4.64. The fourth-order valence-electron chi connectivity index (χ4n) is 7.97. The largest absolute Gasteiger partial charge is 0.512 e. The molecule has 311 valence electrons. The summed E-state index contributed by atoms with van der Waals surface area (Å²) in [6.45, 7) is 25.2. The van der Waals surface area contributed by atoms with E-state index in [4.69, 9.17) is 14.4 Å². The third-order valence-corrected chi connectivity index (χ3v) is 12.9. The first kappa shape index (κ1) is 45.4. The van der Waals surface area contributed by atoms with Crippen molar-refractivity contribution in [3.63, 3.8) is 0 Å². The van der Waals surface area contributed by atoms with Gasteiger partial charge in [-0.15, -0.1) is 18.2 Å². The number of aliphatic hydroxyl groups is 1. The number of rotatable bonds is 11. The third kappa shape index (κ3) is 8.68. The summed E-state index contributed by atoms with van der Waals surface area (Å²) in [4.78, 5) is 22.5. The predicted molar refractivity (Wildman–Crippen MR) is 245 cm³/mol. The van der Waals surface area contributed by atoms with E-state index in [1.54, 1.807) is 0 Å². The number of benzene rings is 5. The summed E-state index contributed by atoms with van der Waals surface area (Å²) in [6.07, 6.45) is 4.75. The number of aryl methyl sites for hydroxylation is 2. The topological polar surface area (TPSA) is 76.2 Å². The Morgan fingerprint density at radius 1 is 0.780 bits per heavy atom. The number of fused-ring (bicyclic) bond motifs is 6. The zero-order chi connectivity index (χ0) is 42.1. The molecule has 0 aliphatic rings. The number of aromatic nitrogens is 2. The van der Waals surface area contributed by atoms with Crippen LogP contribution < -0.4 is 0 Å². The van der Waals surface area contributed by atoms with Crippen molar-refractivity contribution in [2.24, 2.45) is 10.8 Å². The van der Waals surface area contributed by atoms with Crippen LogP contribution in [0.1, 0.15) is 129 Å². The standard InChI is InChI=1S/C38H33N2O.C15H28O2.Ir/c1-21(2)27-13-8-12-25-16-19-30-35(39-38(22(3)4)40-36(30)34(25)27)31-15-9-14-29-28-18-17-26(20-32(28)41-37(29)31)33-23(5)10-7-11-24(33)6;1-7-14(5,8-2)12(16)11-13(17)15(6,9-3)10-4;/h7-14,16-22H,1-6H3;11,16H,7-10H2,1-6H3;/q-1;;/b;12-11-;. The van der Waals surface area contributed by atoms with Crippen LogP contribution in [0.2, 0.25) is 0 Å². The molecular formula is C53H61IrN2O3-. The second-order valence-electron chi connectivity index (χ2n) is 17.3. The molecule has 1 radical (unpaired) electrons. The molecule has 0 bridgehead atoms. The van der Waals surface area contributed by atoms with Gasteiger partial charge in [-0.25, -0.2) is 4.98 Å². The molecule has 0 unspecified atom stereocenters. The summed E-state index contributed by atoms with van der Waals surface area (Å²) in [5.41, 5.74) is 10.1. The summed E-state index contributed by atoms with van der Waals surface area (Å²) >= 11 is 0. The second-order valence-corrected chi connectivity index (χ2v) is 17.3. The molecule has 7 aromatic rings. The molecule has 2 heterocycles. The molecule has 59 heavy (non-hydrogen) atoms. The average molecular weight is 966 g/mol. The summed E-state index contributed by atoms with van der Waals surface area (Å²) in [5.74, 6) is 1.67. The molecule has 0 atom stereocenters. The molecule has 0 saturated carbocycles. The van der Waals surface area contributed by atoms with Gasteiger partial charge in [-0.1, -0.05) is 141 Å². The smallest absolute Gasteiger partial charge is 0.164 e. The van der Waals surface area contributed by atoms with Gasteiger partial charge in [0.25, 0.3) is 0 Å². The summed E-state index contributed by atoms with van der Waals surface area (Å²) in [6, 6.07) is 31.5. The average Bonchev–Trinajstić information content (AvgIpc) is 3.60. The van der Waals surface area contributed by atoms with E-state index in [1.807, 2.05) is 47.6 Å². The number of allylic oxidation sites excluding steroid dienone is 2. The van der Waals surface area contributed by atoms with E-state index < -0.39 is 0 Å². The maximum absolute atomic E-state index is 12.2. The quantitative estimate of drug-likeness (QED) is 0.0605. The SMILES string of the molecule is CCC(C)(CC)C(=O)/C=C(\O)C(C)(CC)CC.Cc1cccc(C)c1-c1ccc2c(c1)oc1c(-c3nc(C(C)C)nc4c3ccc3cccc(C(C)C)c34)[c-]ccc12.[Ir]. The van der Waals surface area contributed by atoms with Crippen molar-refractivity contribution in [1.82, 2.24) is 9.97 Å². The Balaban J connectivity index is 0.000000314. The molecule has 0 fully saturated rings. The van der Waals surface area contributed by atoms with Crippen molar-refractivity contribution in [2.45, 2.75) is 121 Å². The minimum atomic E-state index is -0.337. The van der Waals surface area contributed by atoms with Gasteiger partial charge < -0.3 is 9.52 Å². The molecular weight excluding hydrogens is 905 g/mol. The van der Waals surface area contributed by atoms with E-state index in [0.29, 0.717) is 5.92 Å². The first-order valence-electron chi connectivity index (χ1n) is 21.2. The summed E-state index contributed by atoms with van der Waals surface area (Å²) in [5, 5.41) is 15.7. The number of hydrogen-bond acceptors (Lipinski definition) is 5. The van der Waals surface area contributed by atoms with Crippen LogP contribution in [-0.4, -0.2) is 20.9 Å². The third-order valence-electron chi connectivity index (χ3n) is 12.9. The number of furan rings is 1. The van der Waals surface area contributed by atoms with Gasteiger partial charge in [-0.3, -0.25) is 9.78 Å². The van der Waals surface area contributed by atoms with Crippen molar-refractivity contribution in [1.29, 1.82) is 0 Å². The molecule has 5 aromatic carbocycles. The van der Waals surface area contributed by atoms with Crippen molar-refractivity contribution in [2.75, 3.05) is 0 Å². The van der Waals surface area contributed by atoms with Gasteiger partial charge in [0, 0.05) is 59.4 Å². The fourth-order valence-corrected chi connectivity index (χ4v) is 7.97. The second kappa shape index (κ2) is 18.3. The van der Waals surface area contributed by atoms with Crippen LogP contribution in [0.3, 0.4) is 0 Å². The first-order chi connectivity index (χ1) is 27.6. The molecule has 6 heteroatoms. The molecule has 7 rings (SSSR count). The number of carbonyl (C=O) groups excluding carboxylic acids is 1. The Bertz CT molecular complexity index is 2640.